The summed E-state index contributed by atoms with van der Waals surface area (Å²) in [5.74, 6) is -0.422. The van der Waals surface area contributed by atoms with E-state index in [9.17, 15) is 14.4 Å². The van der Waals surface area contributed by atoms with Gasteiger partial charge in [0.05, 0.1) is 5.69 Å². The molecule has 162 valence electrons. The molecule has 1 aromatic carbocycles. The Balaban J connectivity index is 1.54. The number of para-hydroxylation sites is 1. The van der Waals surface area contributed by atoms with E-state index in [2.05, 4.69) is 10.3 Å². The zero-order chi connectivity index (χ0) is 21.8. The Kier molecular flexibility index (Phi) is 6.56. The number of rotatable bonds is 4. The van der Waals surface area contributed by atoms with E-state index >= 15 is 0 Å². The number of hydrogen-bond donors (Lipinski definition) is 1. The fourth-order valence-electron chi connectivity index (χ4n) is 3.86. The molecule has 4 rings (SSSR count). The number of nitrogens with zero attached hydrogens (tertiary/aromatic N) is 3. The summed E-state index contributed by atoms with van der Waals surface area (Å²) in [7, 11) is 0. The van der Waals surface area contributed by atoms with Crippen molar-refractivity contribution in [2.24, 2.45) is 0 Å². The van der Waals surface area contributed by atoms with E-state index in [0.29, 0.717) is 24.6 Å². The number of pyridine rings is 1. The Hall–Kier alpha value is -2.87. The topological polar surface area (TPSA) is 82.6 Å². The predicted octanol–water partition coefficient (Wildman–Crippen LogP) is 3.24. The number of fused-ring (bicyclic) bond motifs is 1. The van der Waals surface area contributed by atoms with Gasteiger partial charge in [0.1, 0.15) is 12.4 Å². The fourth-order valence-corrected chi connectivity index (χ4v) is 5.05. The maximum atomic E-state index is 13.4. The first-order valence-electron chi connectivity index (χ1n) is 10.6. The summed E-state index contributed by atoms with van der Waals surface area (Å²) in [5, 5.41) is 1.87. The van der Waals surface area contributed by atoms with Gasteiger partial charge in [-0.15, -0.1) is 11.8 Å². The number of benzene rings is 1. The number of aryl methyl sites for hydroxylation is 1. The number of amides is 3. The molecule has 0 aliphatic carbocycles. The largest absolute Gasteiger partial charge is 0.341 e. The van der Waals surface area contributed by atoms with E-state index < -0.39 is 5.25 Å². The Morgan fingerprint density at radius 1 is 1.10 bits per heavy atom. The van der Waals surface area contributed by atoms with Crippen molar-refractivity contribution in [2.45, 2.75) is 42.8 Å². The molecule has 8 heteroatoms. The average Bonchev–Trinajstić information content (AvgIpc) is 3.06. The second-order valence-electron chi connectivity index (χ2n) is 7.90. The normalized spacial score (nSPS) is 18.9. The zero-order valence-corrected chi connectivity index (χ0v) is 18.4. The van der Waals surface area contributed by atoms with Crippen molar-refractivity contribution >= 4 is 41.0 Å². The highest BCUT2D eigenvalue weighted by Gasteiger charge is 2.40. The summed E-state index contributed by atoms with van der Waals surface area (Å²) in [6.45, 7) is 3.12. The molecule has 0 bridgehead atoms. The van der Waals surface area contributed by atoms with Crippen LogP contribution in [0.5, 0.6) is 0 Å². The minimum absolute atomic E-state index is 0.156. The molecule has 2 aliphatic rings. The molecule has 1 aromatic heterocycles. The van der Waals surface area contributed by atoms with Gasteiger partial charge in [-0.2, -0.15) is 0 Å². The van der Waals surface area contributed by atoms with Crippen LogP contribution in [0.15, 0.2) is 47.5 Å². The van der Waals surface area contributed by atoms with Gasteiger partial charge in [-0.3, -0.25) is 14.4 Å². The summed E-state index contributed by atoms with van der Waals surface area (Å²) in [5.41, 5.74) is 1.65. The predicted molar refractivity (Wildman–Crippen MR) is 121 cm³/mol. The van der Waals surface area contributed by atoms with Crippen LogP contribution in [0.25, 0.3) is 0 Å². The molecular formula is C23H26N4O3S. The summed E-state index contributed by atoms with van der Waals surface area (Å²) in [6, 6.07) is 11.0. The molecule has 1 fully saturated rings. The summed E-state index contributed by atoms with van der Waals surface area (Å²) in [4.78, 5) is 47.5. The molecule has 1 saturated heterocycles. The first kappa shape index (κ1) is 21.4. The number of likely N-dealkylation sites (tertiary alicyclic amines) is 1. The van der Waals surface area contributed by atoms with E-state index in [1.165, 1.54) is 16.7 Å². The maximum absolute atomic E-state index is 13.4. The van der Waals surface area contributed by atoms with Crippen molar-refractivity contribution in [1.29, 1.82) is 0 Å². The SMILES string of the molecule is Cc1ccc(NC(=O)CN2C(=O)[C@H](C(=O)N3CCCCCC3)Sc3ccccc32)nc1. The van der Waals surface area contributed by atoms with Crippen molar-refractivity contribution in [2.75, 3.05) is 29.9 Å². The minimum atomic E-state index is -0.863. The van der Waals surface area contributed by atoms with E-state index in [-0.39, 0.29) is 24.3 Å². The Morgan fingerprint density at radius 3 is 2.55 bits per heavy atom. The van der Waals surface area contributed by atoms with E-state index in [1.807, 2.05) is 42.2 Å². The van der Waals surface area contributed by atoms with Gasteiger partial charge < -0.3 is 15.1 Å². The molecule has 0 unspecified atom stereocenters. The van der Waals surface area contributed by atoms with Gasteiger partial charge in [0.2, 0.25) is 11.8 Å². The lowest BCUT2D eigenvalue weighted by molar-refractivity contribution is -0.135. The third-order valence-electron chi connectivity index (χ3n) is 5.51. The molecule has 31 heavy (non-hydrogen) atoms. The van der Waals surface area contributed by atoms with Gasteiger partial charge in [0.25, 0.3) is 5.91 Å². The molecule has 3 amide bonds. The smallest absolute Gasteiger partial charge is 0.250 e. The Labute approximate surface area is 186 Å². The first-order valence-corrected chi connectivity index (χ1v) is 11.5. The van der Waals surface area contributed by atoms with Crippen LogP contribution in [0.1, 0.15) is 31.2 Å². The standard InChI is InChI=1S/C23H26N4O3S/c1-16-10-11-19(24-14-16)25-20(28)15-27-17-8-4-5-9-18(17)31-21(23(27)30)22(29)26-12-6-2-3-7-13-26/h4-5,8-11,14,21H,2-3,6-7,12-13,15H2,1H3,(H,24,25,28)/t21-/m0/s1. The first-order chi connectivity index (χ1) is 15.0. The Bertz CT molecular complexity index is 971. The third kappa shape index (κ3) is 4.90. The van der Waals surface area contributed by atoms with Gasteiger partial charge in [0.15, 0.2) is 5.25 Å². The number of carbonyl (C=O) groups is 3. The number of hydrogen-bond acceptors (Lipinski definition) is 5. The summed E-state index contributed by atoms with van der Waals surface area (Å²) < 4.78 is 0. The molecule has 7 nitrogen and oxygen atoms in total. The molecule has 1 atom stereocenters. The highest BCUT2D eigenvalue weighted by Crippen LogP contribution is 2.39. The quantitative estimate of drug-likeness (QED) is 0.741. The maximum Gasteiger partial charge on any atom is 0.250 e. The molecule has 3 heterocycles. The van der Waals surface area contributed by atoms with Gasteiger partial charge in [-0.25, -0.2) is 4.98 Å². The van der Waals surface area contributed by atoms with Crippen molar-refractivity contribution < 1.29 is 14.4 Å². The average molecular weight is 439 g/mol. The van der Waals surface area contributed by atoms with E-state index in [0.717, 1.165) is 36.1 Å². The third-order valence-corrected chi connectivity index (χ3v) is 6.75. The molecule has 0 radical (unpaired) electrons. The lowest BCUT2D eigenvalue weighted by Gasteiger charge is -2.34. The molecule has 1 N–H and O–H groups in total. The van der Waals surface area contributed by atoms with E-state index in [4.69, 9.17) is 0 Å². The van der Waals surface area contributed by atoms with Gasteiger partial charge >= 0.3 is 0 Å². The van der Waals surface area contributed by atoms with Crippen LogP contribution in [-0.4, -0.2) is 52.5 Å². The fraction of sp³-hybridized carbons (Fsp3) is 0.391. The van der Waals surface area contributed by atoms with Crippen LogP contribution in [0.2, 0.25) is 0 Å². The molecular weight excluding hydrogens is 412 g/mol. The number of thioether (sulfide) groups is 1. The van der Waals surface area contributed by atoms with Crippen LogP contribution >= 0.6 is 11.8 Å². The molecule has 2 aromatic rings. The monoisotopic (exact) mass is 438 g/mol. The van der Waals surface area contributed by atoms with Crippen LogP contribution in [0, 0.1) is 6.92 Å². The number of nitrogens with one attached hydrogen (secondary N) is 1. The molecule has 0 spiro atoms. The second kappa shape index (κ2) is 9.51. The number of anilines is 2. The highest BCUT2D eigenvalue weighted by molar-refractivity contribution is 8.01. The number of carbonyl (C=O) groups excluding carboxylic acids is 3. The van der Waals surface area contributed by atoms with Crippen molar-refractivity contribution in [1.82, 2.24) is 9.88 Å². The minimum Gasteiger partial charge on any atom is -0.341 e. The van der Waals surface area contributed by atoms with Crippen molar-refractivity contribution in [3.05, 3.63) is 48.2 Å². The highest BCUT2D eigenvalue weighted by atomic mass is 32.2. The van der Waals surface area contributed by atoms with E-state index in [1.54, 1.807) is 12.3 Å². The van der Waals surface area contributed by atoms with Crippen LogP contribution < -0.4 is 10.2 Å². The zero-order valence-electron chi connectivity index (χ0n) is 17.5. The van der Waals surface area contributed by atoms with Gasteiger partial charge in [0, 0.05) is 24.2 Å². The van der Waals surface area contributed by atoms with Crippen LogP contribution in [-0.2, 0) is 14.4 Å². The summed E-state index contributed by atoms with van der Waals surface area (Å²) >= 11 is 1.28. The molecule has 0 saturated carbocycles. The summed E-state index contributed by atoms with van der Waals surface area (Å²) in [6.07, 6.45) is 5.81. The molecule has 2 aliphatic heterocycles. The van der Waals surface area contributed by atoms with Gasteiger partial charge in [-0.1, -0.05) is 31.0 Å². The van der Waals surface area contributed by atoms with Crippen molar-refractivity contribution in [3.8, 4) is 0 Å². The number of aromatic nitrogens is 1. The van der Waals surface area contributed by atoms with Crippen LogP contribution in [0.3, 0.4) is 0 Å². The van der Waals surface area contributed by atoms with Crippen molar-refractivity contribution in [3.63, 3.8) is 0 Å². The van der Waals surface area contributed by atoms with Crippen LogP contribution in [0.4, 0.5) is 11.5 Å². The Morgan fingerprint density at radius 2 is 1.84 bits per heavy atom. The lowest BCUT2D eigenvalue weighted by Crippen LogP contribution is -2.51. The van der Waals surface area contributed by atoms with Gasteiger partial charge in [-0.05, 0) is 43.5 Å². The second-order valence-corrected chi connectivity index (χ2v) is 9.05. The lowest BCUT2D eigenvalue weighted by atomic mass is 10.2.